The van der Waals surface area contributed by atoms with Gasteiger partial charge < -0.3 is 10.1 Å². The van der Waals surface area contributed by atoms with Crippen molar-refractivity contribution in [2.75, 3.05) is 12.4 Å². The van der Waals surface area contributed by atoms with Gasteiger partial charge in [0.1, 0.15) is 5.75 Å². The molecule has 1 aromatic heterocycles. The maximum atomic E-state index is 12.0. The van der Waals surface area contributed by atoms with E-state index in [-0.39, 0.29) is 5.91 Å². The Bertz CT molecular complexity index is 585. The minimum Gasteiger partial charge on any atom is -0.496 e. The van der Waals surface area contributed by atoms with E-state index < -0.39 is 0 Å². The van der Waals surface area contributed by atoms with Crippen LogP contribution in [0.3, 0.4) is 0 Å². The lowest BCUT2D eigenvalue weighted by molar-refractivity contribution is 0.103. The van der Waals surface area contributed by atoms with Gasteiger partial charge in [-0.1, -0.05) is 11.6 Å². The van der Waals surface area contributed by atoms with Crippen LogP contribution in [0.1, 0.15) is 9.67 Å². The standard InChI is InChI=1S/C12H9BrClNO2S/c1-17-8-5-11(18-6-8)12(16)15-10-3-2-7(14)4-9(10)13/h2-6H,1H3,(H,15,16). The molecule has 2 aromatic rings. The maximum absolute atomic E-state index is 12.0. The van der Waals surface area contributed by atoms with Crippen LogP contribution in [0.4, 0.5) is 5.69 Å². The molecule has 0 atom stereocenters. The zero-order chi connectivity index (χ0) is 13.1. The lowest BCUT2D eigenvalue weighted by atomic mass is 10.3. The summed E-state index contributed by atoms with van der Waals surface area (Å²) in [6.45, 7) is 0. The molecule has 0 aliphatic carbocycles. The van der Waals surface area contributed by atoms with Gasteiger partial charge in [-0.05, 0) is 34.1 Å². The fraction of sp³-hybridized carbons (Fsp3) is 0.0833. The smallest absolute Gasteiger partial charge is 0.265 e. The van der Waals surface area contributed by atoms with Crippen LogP contribution < -0.4 is 10.1 Å². The number of methoxy groups -OCH3 is 1. The van der Waals surface area contributed by atoms with Crippen molar-refractivity contribution in [2.45, 2.75) is 0 Å². The number of benzene rings is 1. The number of rotatable bonds is 3. The quantitative estimate of drug-likeness (QED) is 0.893. The minimum atomic E-state index is -0.175. The Morgan fingerprint density at radius 1 is 1.44 bits per heavy atom. The second kappa shape index (κ2) is 5.73. The highest BCUT2D eigenvalue weighted by Crippen LogP contribution is 2.27. The molecule has 1 heterocycles. The molecule has 1 aromatic carbocycles. The van der Waals surface area contributed by atoms with Crippen molar-refractivity contribution in [1.29, 1.82) is 0 Å². The molecule has 94 valence electrons. The summed E-state index contributed by atoms with van der Waals surface area (Å²) >= 11 is 10.5. The minimum absolute atomic E-state index is 0.175. The van der Waals surface area contributed by atoms with Gasteiger partial charge in [0, 0.05) is 20.9 Å². The summed E-state index contributed by atoms with van der Waals surface area (Å²) in [5.74, 6) is 0.506. The molecule has 18 heavy (non-hydrogen) atoms. The van der Waals surface area contributed by atoms with Crippen LogP contribution in [0.15, 0.2) is 34.1 Å². The first-order valence-electron chi connectivity index (χ1n) is 4.99. The van der Waals surface area contributed by atoms with Gasteiger partial charge in [-0.2, -0.15) is 0 Å². The Kier molecular flexibility index (Phi) is 4.27. The number of carbonyl (C=O) groups is 1. The van der Waals surface area contributed by atoms with Gasteiger partial charge >= 0.3 is 0 Å². The van der Waals surface area contributed by atoms with Gasteiger partial charge in [0.2, 0.25) is 0 Å². The number of ether oxygens (including phenoxy) is 1. The van der Waals surface area contributed by atoms with Crippen LogP contribution in [-0.4, -0.2) is 13.0 Å². The fourth-order valence-electron chi connectivity index (χ4n) is 1.32. The molecule has 0 saturated carbocycles. The molecule has 0 aliphatic heterocycles. The van der Waals surface area contributed by atoms with Gasteiger partial charge in [0.15, 0.2) is 0 Å². The van der Waals surface area contributed by atoms with Crippen molar-refractivity contribution in [1.82, 2.24) is 0 Å². The van der Waals surface area contributed by atoms with Gasteiger partial charge in [-0.15, -0.1) is 11.3 Å². The van der Waals surface area contributed by atoms with Crippen LogP contribution >= 0.6 is 38.9 Å². The molecule has 0 unspecified atom stereocenters. The van der Waals surface area contributed by atoms with Gasteiger partial charge in [-0.3, -0.25) is 4.79 Å². The predicted molar refractivity (Wildman–Crippen MR) is 78.0 cm³/mol. The van der Waals surface area contributed by atoms with E-state index in [1.165, 1.54) is 11.3 Å². The first-order chi connectivity index (χ1) is 8.60. The first kappa shape index (κ1) is 13.4. The molecule has 0 spiro atoms. The number of anilines is 1. The normalized spacial score (nSPS) is 10.2. The number of nitrogens with one attached hydrogen (secondary N) is 1. The molecule has 0 fully saturated rings. The maximum Gasteiger partial charge on any atom is 0.265 e. The van der Waals surface area contributed by atoms with Crippen LogP contribution in [0, 0.1) is 0 Å². The molecule has 0 bridgehead atoms. The molecular formula is C12H9BrClNO2S. The Hall–Kier alpha value is -1.04. The van der Waals surface area contributed by atoms with E-state index in [0.717, 1.165) is 4.47 Å². The molecule has 2 rings (SSSR count). The number of hydrogen-bond acceptors (Lipinski definition) is 3. The van der Waals surface area contributed by atoms with Crippen LogP contribution in [-0.2, 0) is 0 Å². The van der Waals surface area contributed by atoms with Crippen molar-refractivity contribution >= 4 is 50.5 Å². The van der Waals surface area contributed by atoms with Crippen molar-refractivity contribution in [3.63, 3.8) is 0 Å². The second-order valence-corrected chi connectivity index (χ2v) is 5.63. The average molecular weight is 347 g/mol. The number of carbonyl (C=O) groups excluding carboxylic acids is 1. The molecule has 1 amide bonds. The first-order valence-corrected chi connectivity index (χ1v) is 7.04. The summed E-state index contributed by atoms with van der Waals surface area (Å²) in [7, 11) is 1.57. The number of amides is 1. The summed E-state index contributed by atoms with van der Waals surface area (Å²) in [4.78, 5) is 12.6. The Morgan fingerprint density at radius 3 is 2.83 bits per heavy atom. The molecular weight excluding hydrogens is 338 g/mol. The summed E-state index contributed by atoms with van der Waals surface area (Å²) in [6.07, 6.45) is 0. The summed E-state index contributed by atoms with van der Waals surface area (Å²) in [6, 6.07) is 6.89. The van der Waals surface area contributed by atoms with E-state index in [0.29, 0.717) is 21.3 Å². The van der Waals surface area contributed by atoms with E-state index in [9.17, 15) is 4.79 Å². The zero-order valence-corrected chi connectivity index (χ0v) is 12.5. The third kappa shape index (κ3) is 3.04. The summed E-state index contributed by atoms with van der Waals surface area (Å²) < 4.78 is 5.78. The van der Waals surface area contributed by atoms with Crippen LogP contribution in [0.5, 0.6) is 5.75 Å². The Morgan fingerprint density at radius 2 is 2.22 bits per heavy atom. The van der Waals surface area contributed by atoms with E-state index >= 15 is 0 Å². The highest BCUT2D eigenvalue weighted by atomic mass is 79.9. The van der Waals surface area contributed by atoms with Crippen molar-refractivity contribution in [3.8, 4) is 5.75 Å². The molecule has 6 heteroatoms. The highest BCUT2D eigenvalue weighted by Gasteiger charge is 2.11. The second-order valence-electron chi connectivity index (χ2n) is 3.43. The van der Waals surface area contributed by atoms with E-state index in [2.05, 4.69) is 21.2 Å². The highest BCUT2D eigenvalue weighted by molar-refractivity contribution is 9.10. The van der Waals surface area contributed by atoms with Crippen molar-refractivity contribution < 1.29 is 9.53 Å². The predicted octanol–water partition coefficient (Wildman–Crippen LogP) is 4.42. The van der Waals surface area contributed by atoms with Gasteiger partial charge in [0.05, 0.1) is 17.7 Å². The molecule has 1 N–H and O–H groups in total. The van der Waals surface area contributed by atoms with Crippen LogP contribution in [0.2, 0.25) is 5.02 Å². The molecule has 0 radical (unpaired) electrons. The number of thiophene rings is 1. The van der Waals surface area contributed by atoms with Crippen LogP contribution in [0.25, 0.3) is 0 Å². The average Bonchev–Trinajstić information content (AvgIpc) is 2.81. The fourth-order valence-corrected chi connectivity index (χ4v) is 2.85. The third-order valence-corrected chi connectivity index (χ3v) is 4.01. The number of halogens is 2. The largest absolute Gasteiger partial charge is 0.496 e. The molecule has 3 nitrogen and oxygen atoms in total. The van der Waals surface area contributed by atoms with E-state index in [1.54, 1.807) is 36.8 Å². The number of hydrogen-bond donors (Lipinski definition) is 1. The summed E-state index contributed by atoms with van der Waals surface area (Å²) in [5.41, 5.74) is 0.678. The van der Waals surface area contributed by atoms with Gasteiger partial charge in [-0.25, -0.2) is 0 Å². The van der Waals surface area contributed by atoms with E-state index in [1.807, 2.05) is 0 Å². The van der Waals surface area contributed by atoms with Gasteiger partial charge in [0.25, 0.3) is 5.91 Å². The Balaban J connectivity index is 2.16. The topological polar surface area (TPSA) is 38.3 Å². The summed E-state index contributed by atoms with van der Waals surface area (Å²) in [5, 5.41) is 5.19. The van der Waals surface area contributed by atoms with Crippen molar-refractivity contribution in [2.24, 2.45) is 0 Å². The molecule has 0 saturated heterocycles. The third-order valence-electron chi connectivity index (χ3n) is 2.21. The Labute approximate surface area is 122 Å². The van der Waals surface area contributed by atoms with Crippen molar-refractivity contribution in [3.05, 3.63) is 44.0 Å². The lowest BCUT2D eigenvalue weighted by Crippen LogP contribution is -2.10. The lowest BCUT2D eigenvalue weighted by Gasteiger charge is -2.06. The van der Waals surface area contributed by atoms with E-state index in [4.69, 9.17) is 16.3 Å². The molecule has 0 aliphatic rings. The SMILES string of the molecule is COc1csc(C(=O)Nc2ccc(Cl)cc2Br)c1. The monoisotopic (exact) mass is 345 g/mol. The zero-order valence-electron chi connectivity index (χ0n) is 9.37.